The van der Waals surface area contributed by atoms with E-state index in [-0.39, 0.29) is 0 Å². The van der Waals surface area contributed by atoms with Crippen molar-refractivity contribution >= 4 is 43.8 Å². The third-order valence-corrected chi connectivity index (χ3v) is 6.30. The van der Waals surface area contributed by atoms with E-state index in [9.17, 15) is 0 Å². The third-order valence-electron chi connectivity index (χ3n) is 5.10. The zero-order valence-electron chi connectivity index (χ0n) is 14.1. The Morgan fingerprint density at radius 3 is 2.88 bits per heavy atom. The number of anilines is 2. The maximum atomic E-state index is 4.57. The SMILES string of the molecule is CC1CCc2sc3ncnc(Nc4ccc5ccccc5c4)c3c2C1. The lowest BCUT2D eigenvalue weighted by Gasteiger charge is -2.18. The van der Waals surface area contributed by atoms with Crippen molar-refractivity contribution in [2.45, 2.75) is 26.2 Å². The average Bonchev–Trinajstić information content (AvgIpc) is 3.00. The van der Waals surface area contributed by atoms with Gasteiger partial charge >= 0.3 is 0 Å². The third kappa shape index (κ3) is 2.57. The smallest absolute Gasteiger partial charge is 0.142 e. The molecule has 1 atom stereocenters. The van der Waals surface area contributed by atoms with E-state index in [0.29, 0.717) is 0 Å². The molecule has 0 aliphatic heterocycles. The number of hydrogen-bond donors (Lipinski definition) is 1. The fraction of sp³-hybridized carbons (Fsp3) is 0.238. The first-order valence-electron chi connectivity index (χ1n) is 8.79. The molecule has 25 heavy (non-hydrogen) atoms. The molecule has 4 aromatic rings. The highest BCUT2D eigenvalue weighted by molar-refractivity contribution is 7.19. The number of thiophene rings is 1. The lowest BCUT2D eigenvalue weighted by atomic mass is 9.88. The standard InChI is InChI=1S/C21H19N3S/c1-13-6-9-18-17(10-13)19-20(22-12-23-21(19)25-18)24-16-8-7-14-4-2-3-5-15(14)11-16/h2-5,7-8,11-13H,6,9-10H2,1H3,(H,22,23,24). The van der Waals surface area contributed by atoms with Crippen LogP contribution < -0.4 is 5.32 Å². The molecule has 0 saturated heterocycles. The number of nitrogens with one attached hydrogen (secondary N) is 1. The van der Waals surface area contributed by atoms with Crippen molar-refractivity contribution < 1.29 is 0 Å². The fourth-order valence-electron chi connectivity index (χ4n) is 3.78. The molecule has 124 valence electrons. The maximum Gasteiger partial charge on any atom is 0.142 e. The summed E-state index contributed by atoms with van der Waals surface area (Å²) >= 11 is 1.84. The molecule has 0 radical (unpaired) electrons. The van der Waals surface area contributed by atoms with Crippen LogP contribution in [-0.2, 0) is 12.8 Å². The highest BCUT2D eigenvalue weighted by atomic mass is 32.1. The molecular weight excluding hydrogens is 326 g/mol. The van der Waals surface area contributed by atoms with Crippen molar-refractivity contribution in [3.8, 4) is 0 Å². The summed E-state index contributed by atoms with van der Waals surface area (Å²) in [5, 5.41) is 7.26. The summed E-state index contributed by atoms with van der Waals surface area (Å²) in [6, 6.07) is 14.9. The molecule has 2 aromatic carbocycles. The zero-order chi connectivity index (χ0) is 16.8. The summed E-state index contributed by atoms with van der Waals surface area (Å²) in [4.78, 5) is 11.7. The van der Waals surface area contributed by atoms with Crippen LogP contribution in [0.1, 0.15) is 23.8 Å². The predicted octanol–water partition coefficient (Wildman–Crippen LogP) is 5.71. The summed E-state index contributed by atoms with van der Waals surface area (Å²) in [6.45, 7) is 2.34. The molecule has 4 heteroatoms. The molecular formula is C21H19N3S. The van der Waals surface area contributed by atoms with Crippen molar-refractivity contribution in [3.05, 3.63) is 59.2 Å². The van der Waals surface area contributed by atoms with Gasteiger partial charge in [-0.3, -0.25) is 0 Å². The summed E-state index contributed by atoms with van der Waals surface area (Å²) in [7, 11) is 0. The number of rotatable bonds is 2. The Balaban J connectivity index is 1.61. The predicted molar refractivity (Wildman–Crippen MR) is 106 cm³/mol. The Labute approximate surface area is 150 Å². The van der Waals surface area contributed by atoms with Crippen LogP contribution in [0, 0.1) is 5.92 Å². The van der Waals surface area contributed by atoms with Gasteiger partial charge in [0.25, 0.3) is 0 Å². The first-order chi connectivity index (χ1) is 12.3. The average molecular weight is 345 g/mol. The minimum absolute atomic E-state index is 0.735. The van der Waals surface area contributed by atoms with Crippen LogP contribution in [0.3, 0.4) is 0 Å². The second kappa shape index (κ2) is 5.81. The number of aryl methyl sites for hydroxylation is 1. The van der Waals surface area contributed by atoms with Crippen LogP contribution in [0.4, 0.5) is 11.5 Å². The van der Waals surface area contributed by atoms with Gasteiger partial charge in [-0.1, -0.05) is 37.3 Å². The minimum Gasteiger partial charge on any atom is -0.340 e. The van der Waals surface area contributed by atoms with Crippen molar-refractivity contribution in [2.24, 2.45) is 5.92 Å². The topological polar surface area (TPSA) is 37.8 Å². The Kier molecular flexibility index (Phi) is 3.45. The van der Waals surface area contributed by atoms with Gasteiger partial charge in [0.05, 0.1) is 5.39 Å². The Morgan fingerprint density at radius 2 is 1.96 bits per heavy atom. The molecule has 1 aliphatic carbocycles. The normalized spacial score (nSPS) is 16.9. The van der Waals surface area contributed by atoms with Crippen molar-refractivity contribution in [1.82, 2.24) is 9.97 Å². The fourth-order valence-corrected chi connectivity index (χ4v) is 4.96. The van der Waals surface area contributed by atoms with Crippen molar-refractivity contribution in [1.29, 1.82) is 0 Å². The molecule has 0 fully saturated rings. The molecule has 0 amide bonds. The lowest BCUT2D eigenvalue weighted by molar-refractivity contribution is 0.508. The van der Waals surface area contributed by atoms with Gasteiger partial charge in [-0.25, -0.2) is 9.97 Å². The van der Waals surface area contributed by atoms with E-state index >= 15 is 0 Å². The van der Waals surface area contributed by atoms with Crippen LogP contribution in [0.25, 0.3) is 21.0 Å². The summed E-state index contributed by atoms with van der Waals surface area (Å²) in [5.41, 5.74) is 2.53. The molecule has 2 heterocycles. The summed E-state index contributed by atoms with van der Waals surface area (Å²) in [6.07, 6.45) is 5.26. The molecule has 1 N–H and O–H groups in total. The van der Waals surface area contributed by atoms with Gasteiger partial charge in [-0.2, -0.15) is 0 Å². The summed E-state index contributed by atoms with van der Waals surface area (Å²) < 4.78 is 0. The maximum absolute atomic E-state index is 4.57. The minimum atomic E-state index is 0.735. The molecule has 3 nitrogen and oxygen atoms in total. The molecule has 0 saturated carbocycles. The van der Waals surface area contributed by atoms with Gasteiger partial charge in [-0.15, -0.1) is 11.3 Å². The van der Waals surface area contributed by atoms with Crippen LogP contribution in [-0.4, -0.2) is 9.97 Å². The largest absolute Gasteiger partial charge is 0.340 e. The number of nitrogens with zero attached hydrogens (tertiary/aromatic N) is 2. The number of fused-ring (bicyclic) bond motifs is 4. The van der Waals surface area contributed by atoms with Crippen LogP contribution in [0.5, 0.6) is 0 Å². The van der Waals surface area contributed by atoms with E-state index in [1.54, 1.807) is 6.33 Å². The highest BCUT2D eigenvalue weighted by Crippen LogP contribution is 2.40. The van der Waals surface area contributed by atoms with Gasteiger partial charge < -0.3 is 5.32 Å². The second-order valence-corrected chi connectivity index (χ2v) is 8.02. The molecule has 1 aliphatic rings. The van der Waals surface area contributed by atoms with Crippen LogP contribution >= 0.6 is 11.3 Å². The second-order valence-electron chi connectivity index (χ2n) is 6.94. The molecule has 5 rings (SSSR count). The Hall–Kier alpha value is -2.46. The monoisotopic (exact) mass is 345 g/mol. The van der Waals surface area contributed by atoms with Crippen LogP contribution in [0.2, 0.25) is 0 Å². The molecule has 0 spiro atoms. The summed E-state index contributed by atoms with van der Waals surface area (Å²) in [5.74, 6) is 1.67. The first-order valence-corrected chi connectivity index (χ1v) is 9.60. The van der Waals surface area contributed by atoms with Gasteiger partial charge in [0.15, 0.2) is 0 Å². The van der Waals surface area contributed by atoms with Gasteiger partial charge in [-0.05, 0) is 53.6 Å². The van der Waals surface area contributed by atoms with E-state index in [2.05, 4.69) is 64.7 Å². The molecule has 0 bridgehead atoms. The number of hydrogen-bond acceptors (Lipinski definition) is 4. The Bertz CT molecular complexity index is 1080. The zero-order valence-corrected chi connectivity index (χ0v) is 14.9. The van der Waals surface area contributed by atoms with Crippen LogP contribution in [0.15, 0.2) is 48.8 Å². The molecule has 1 unspecified atom stereocenters. The highest BCUT2D eigenvalue weighted by Gasteiger charge is 2.23. The van der Waals surface area contributed by atoms with Gasteiger partial charge in [0.1, 0.15) is 17.0 Å². The lowest BCUT2D eigenvalue weighted by Crippen LogP contribution is -2.09. The number of benzene rings is 2. The van der Waals surface area contributed by atoms with Crippen molar-refractivity contribution in [2.75, 3.05) is 5.32 Å². The van der Waals surface area contributed by atoms with Gasteiger partial charge in [0.2, 0.25) is 0 Å². The van der Waals surface area contributed by atoms with Gasteiger partial charge in [0, 0.05) is 10.6 Å². The quantitative estimate of drug-likeness (QED) is 0.505. The Morgan fingerprint density at radius 1 is 1.08 bits per heavy atom. The molecule has 2 aromatic heterocycles. The number of aromatic nitrogens is 2. The van der Waals surface area contributed by atoms with E-state index in [0.717, 1.165) is 28.7 Å². The van der Waals surface area contributed by atoms with E-state index in [1.165, 1.54) is 39.4 Å². The van der Waals surface area contributed by atoms with E-state index in [1.807, 2.05) is 11.3 Å². The van der Waals surface area contributed by atoms with E-state index in [4.69, 9.17) is 0 Å². The first kappa shape index (κ1) is 14.8. The van der Waals surface area contributed by atoms with E-state index < -0.39 is 0 Å². The van der Waals surface area contributed by atoms with Crippen molar-refractivity contribution in [3.63, 3.8) is 0 Å².